The Morgan fingerprint density at radius 3 is 2.43 bits per heavy atom. The lowest BCUT2D eigenvalue weighted by Gasteiger charge is -2.31. The number of hydrogen-bond acceptors (Lipinski definition) is 6. The van der Waals surface area contributed by atoms with Crippen molar-refractivity contribution >= 4 is 16.5 Å². The monoisotopic (exact) mass is 494 g/mol. The Balaban J connectivity index is 1.48. The number of ether oxygens (including phenoxy) is 2. The Hall–Kier alpha value is -4.10. The summed E-state index contributed by atoms with van der Waals surface area (Å²) >= 11 is 0. The van der Waals surface area contributed by atoms with E-state index in [4.69, 9.17) is 19.5 Å². The van der Waals surface area contributed by atoms with E-state index in [0.717, 1.165) is 71.0 Å². The van der Waals surface area contributed by atoms with Crippen LogP contribution in [0.3, 0.4) is 0 Å². The minimum Gasteiger partial charge on any atom is -0.497 e. The fraction of sp³-hybridized carbons (Fsp3) is 0.267. The molecule has 6 rings (SSSR count). The number of methoxy groups -OCH3 is 1. The Morgan fingerprint density at radius 2 is 1.73 bits per heavy atom. The number of nitrogens with zero attached hydrogens (tertiary/aromatic N) is 3. The van der Waals surface area contributed by atoms with Crippen LogP contribution in [0.25, 0.3) is 16.5 Å². The predicted molar refractivity (Wildman–Crippen MR) is 143 cm³/mol. The summed E-state index contributed by atoms with van der Waals surface area (Å²) in [5.41, 5.74) is 3.04. The average molecular weight is 495 g/mol. The highest BCUT2D eigenvalue weighted by molar-refractivity contribution is 6.01. The number of piperidine rings is 1. The first-order valence-corrected chi connectivity index (χ1v) is 12.8. The van der Waals surface area contributed by atoms with Gasteiger partial charge in [0.15, 0.2) is 11.7 Å². The van der Waals surface area contributed by atoms with Crippen LogP contribution in [0.15, 0.2) is 82.5 Å². The van der Waals surface area contributed by atoms with Gasteiger partial charge in [0.25, 0.3) is 0 Å². The number of H-pyrrole nitrogens is 1. The zero-order valence-electron chi connectivity index (χ0n) is 21.1. The molecule has 0 amide bonds. The van der Waals surface area contributed by atoms with Crippen LogP contribution in [-0.4, -0.2) is 47.8 Å². The highest BCUT2D eigenvalue weighted by atomic mass is 16.5. The number of nitrogens with one attached hydrogen (secondary N) is 1. The molecule has 2 aliphatic heterocycles. The number of benzene rings is 3. The summed E-state index contributed by atoms with van der Waals surface area (Å²) in [5, 5.41) is 13.7. The maximum absolute atomic E-state index is 11.2. The molecule has 0 radical (unpaired) electrons. The Kier molecular flexibility index (Phi) is 6.14. The van der Waals surface area contributed by atoms with Gasteiger partial charge in [-0.1, -0.05) is 31.2 Å². The van der Waals surface area contributed by atoms with E-state index in [-0.39, 0.29) is 12.0 Å². The molecule has 1 saturated heterocycles. The second kappa shape index (κ2) is 9.75. The van der Waals surface area contributed by atoms with Gasteiger partial charge in [-0.15, -0.1) is 0 Å². The molecule has 4 aromatic rings. The number of rotatable bonds is 6. The number of aromatic nitrogens is 1. The molecule has 7 heteroatoms. The number of aromatic hydroxyl groups is 1. The topological polar surface area (TPSA) is 82.4 Å². The summed E-state index contributed by atoms with van der Waals surface area (Å²) in [4.78, 5) is 15.2. The smallest absolute Gasteiger partial charge is 0.197 e. The lowest BCUT2D eigenvalue weighted by molar-refractivity contribution is 0.104. The lowest BCUT2D eigenvalue weighted by atomic mass is 9.96. The lowest BCUT2D eigenvalue weighted by Crippen LogP contribution is -2.37. The number of likely N-dealkylation sites (tertiary alicyclic amines) is 1. The number of aromatic amines is 1. The van der Waals surface area contributed by atoms with E-state index in [1.807, 2.05) is 66.7 Å². The van der Waals surface area contributed by atoms with E-state index >= 15 is 0 Å². The maximum Gasteiger partial charge on any atom is 0.197 e. The van der Waals surface area contributed by atoms with E-state index in [1.165, 1.54) is 0 Å². The van der Waals surface area contributed by atoms with Crippen LogP contribution < -0.4 is 20.2 Å². The van der Waals surface area contributed by atoms with E-state index in [2.05, 4.69) is 16.8 Å². The van der Waals surface area contributed by atoms with E-state index < -0.39 is 0 Å². The molecule has 0 atom stereocenters. The van der Waals surface area contributed by atoms with Gasteiger partial charge >= 0.3 is 0 Å². The molecule has 1 aromatic heterocycles. The highest BCUT2D eigenvalue weighted by Crippen LogP contribution is 2.41. The van der Waals surface area contributed by atoms with Crippen molar-refractivity contribution in [1.82, 2.24) is 9.88 Å². The molecule has 2 N–H and O–H groups in total. The van der Waals surface area contributed by atoms with Gasteiger partial charge in [-0.3, -0.25) is 0 Å². The summed E-state index contributed by atoms with van der Waals surface area (Å²) in [7, 11) is 1.64. The Morgan fingerprint density at radius 1 is 0.973 bits per heavy atom. The first-order valence-electron chi connectivity index (χ1n) is 12.8. The van der Waals surface area contributed by atoms with Gasteiger partial charge in [-0.25, -0.2) is 9.98 Å². The van der Waals surface area contributed by atoms with Crippen molar-refractivity contribution in [2.24, 2.45) is 9.98 Å². The van der Waals surface area contributed by atoms with Gasteiger partial charge in [0.05, 0.1) is 23.4 Å². The Labute approximate surface area is 215 Å². The van der Waals surface area contributed by atoms with Gasteiger partial charge < -0.3 is 24.5 Å². The fourth-order valence-corrected chi connectivity index (χ4v) is 5.20. The minimum absolute atomic E-state index is 0.0649. The molecule has 0 unspecified atom stereocenters. The van der Waals surface area contributed by atoms with Crippen LogP contribution >= 0.6 is 0 Å². The third kappa shape index (κ3) is 4.47. The molecule has 188 valence electrons. The molecular formula is C30H30N4O3. The molecule has 3 aromatic carbocycles. The largest absolute Gasteiger partial charge is 0.497 e. The first-order chi connectivity index (χ1) is 18.1. The zero-order chi connectivity index (χ0) is 25.4. The van der Waals surface area contributed by atoms with E-state index in [1.54, 1.807) is 7.11 Å². The molecule has 1 fully saturated rings. The summed E-state index contributed by atoms with van der Waals surface area (Å²) in [5.74, 6) is 2.12. The molecule has 3 heterocycles. The van der Waals surface area contributed by atoms with Crippen LogP contribution in [0, 0.1) is 0 Å². The summed E-state index contributed by atoms with van der Waals surface area (Å²) in [6, 6.07) is 21.5. The standard InChI is InChI=1S/C30H30N4O3/c1-3-34-15-13-20(14-16-34)37-22-11-12-24-23(18-22)28(30(35)33-24)27(19-7-6-8-21(17-19)36-2)29-31-25-9-4-5-10-26(25)32-29/h4-12,17-18,20,33,35H,3,13-16H2,1-2H3. The van der Waals surface area contributed by atoms with E-state index in [9.17, 15) is 5.11 Å². The zero-order valence-corrected chi connectivity index (χ0v) is 21.1. The third-order valence-corrected chi connectivity index (χ3v) is 7.20. The molecule has 0 spiro atoms. The maximum atomic E-state index is 11.2. The molecule has 0 saturated carbocycles. The van der Waals surface area contributed by atoms with Gasteiger partial charge in [0, 0.05) is 29.6 Å². The number of fused-ring (bicyclic) bond motifs is 2. The van der Waals surface area contributed by atoms with Crippen LogP contribution in [0.4, 0.5) is 0 Å². The molecule has 0 aliphatic carbocycles. The fourth-order valence-electron chi connectivity index (χ4n) is 5.20. The summed E-state index contributed by atoms with van der Waals surface area (Å²) in [6.45, 7) is 5.38. The second-order valence-electron chi connectivity index (χ2n) is 9.45. The van der Waals surface area contributed by atoms with Crippen LogP contribution in [-0.2, 0) is 0 Å². The van der Waals surface area contributed by atoms with Crippen LogP contribution in [0.2, 0.25) is 0 Å². The van der Waals surface area contributed by atoms with Gasteiger partial charge in [-0.2, -0.15) is 0 Å². The number of hydrogen-bond donors (Lipinski definition) is 2. The highest BCUT2D eigenvalue weighted by Gasteiger charge is 2.24. The van der Waals surface area contributed by atoms with Crippen molar-refractivity contribution < 1.29 is 14.6 Å². The van der Waals surface area contributed by atoms with Gasteiger partial charge in [0.2, 0.25) is 0 Å². The van der Waals surface area contributed by atoms with Crippen molar-refractivity contribution in [3.05, 3.63) is 94.4 Å². The van der Waals surface area contributed by atoms with Crippen molar-refractivity contribution in [3.8, 4) is 17.4 Å². The van der Waals surface area contributed by atoms with Gasteiger partial charge in [0.1, 0.15) is 17.6 Å². The SMILES string of the molecule is CCN1CCC(Oc2ccc3[nH]c(O)c(C(=C4N=c5ccccc5=N4)c4cccc(OC)c4)c3c2)CC1. The van der Waals surface area contributed by atoms with Crippen molar-refractivity contribution in [2.45, 2.75) is 25.9 Å². The molecule has 2 aliphatic rings. The molecule has 7 nitrogen and oxygen atoms in total. The Bertz CT molecular complexity index is 1580. The quantitative estimate of drug-likeness (QED) is 0.416. The van der Waals surface area contributed by atoms with Crippen molar-refractivity contribution in [2.75, 3.05) is 26.7 Å². The van der Waals surface area contributed by atoms with Crippen molar-refractivity contribution in [1.29, 1.82) is 0 Å². The molecular weight excluding hydrogens is 464 g/mol. The van der Waals surface area contributed by atoms with E-state index in [0.29, 0.717) is 17.1 Å². The van der Waals surface area contributed by atoms with Crippen LogP contribution in [0.5, 0.6) is 17.4 Å². The summed E-state index contributed by atoms with van der Waals surface area (Å²) < 4.78 is 11.9. The minimum atomic E-state index is 0.0649. The third-order valence-electron chi connectivity index (χ3n) is 7.20. The molecule has 0 bridgehead atoms. The second-order valence-corrected chi connectivity index (χ2v) is 9.45. The normalized spacial score (nSPS) is 15.8. The van der Waals surface area contributed by atoms with Gasteiger partial charge in [-0.05, 0) is 67.4 Å². The summed E-state index contributed by atoms with van der Waals surface area (Å²) in [6.07, 6.45) is 2.19. The average Bonchev–Trinajstić information content (AvgIpc) is 3.50. The van der Waals surface area contributed by atoms with Crippen molar-refractivity contribution in [3.63, 3.8) is 0 Å². The molecule has 37 heavy (non-hydrogen) atoms. The first kappa shape index (κ1) is 23.3. The predicted octanol–water partition coefficient (Wildman–Crippen LogP) is 4.42. The van der Waals surface area contributed by atoms with Crippen LogP contribution in [0.1, 0.15) is 30.9 Å². The number of para-hydroxylation sites is 2.